The summed E-state index contributed by atoms with van der Waals surface area (Å²) in [4.78, 5) is 14.0. The van der Waals surface area contributed by atoms with Crippen molar-refractivity contribution in [1.82, 2.24) is 4.90 Å². The van der Waals surface area contributed by atoms with Crippen LogP contribution in [0.15, 0.2) is 22.7 Å². The van der Waals surface area contributed by atoms with E-state index < -0.39 is 0 Å². The van der Waals surface area contributed by atoms with Crippen LogP contribution in [-0.4, -0.2) is 37.0 Å². The quantitative estimate of drug-likeness (QED) is 0.903. The third kappa shape index (κ3) is 2.61. The molecule has 0 spiro atoms. The second-order valence-electron chi connectivity index (χ2n) is 4.14. The number of methoxy groups -OCH3 is 1. The van der Waals surface area contributed by atoms with Crippen molar-refractivity contribution < 1.29 is 9.53 Å². The van der Waals surface area contributed by atoms with E-state index in [1.807, 2.05) is 6.07 Å². The smallest absolute Gasteiger partial charge is 0.257 e. The van der Waals surface area contributed by atoms with Gasteiger partial charge in [-0.05, 0) is 24.6 Å². The van der Waals surface area contributed by atoms with Gasteiger partial charge in [-0.25, -0.2) is 0 Å². The van der Waals surface area contributed by atoms with Gasteiger partial charge in [-0.1, -0.05) is 15.9 Å². The number of benzene rings is 1. The van der Waals surface area contributed by atoms with Crippen LogP contribution >= 0.6 is 15.9 Å². The standard InChI is InChI=1S/C12H15BrN2O2/c1-17-11-6-8(13)2-3-10(11)12(16)15-5-4-9(14)7-15/h2-3,6,9H,4-5,7,14H2,1H3. The number of nitrogens with two attached hydrogens (primary N) is 1. The van der Waals surface area contributed by atoms with E-state index in [0.717, 1.165) is 17.4 Å². The summed E-state index contributed by atoms with van der Waals surface area (Å²) < 4.78 is 6.12. The molecule has 4 nitrogen and oxygen atoms in total. The number of likely N-dealkylation sites (tertiary alicyclic amines) is 1. The van der Waals surface area contributed by atoms with Gasteiger partial charge in [-0.3, -0.25) is 4.79 Å². The molecule has 1 aromatic carbocycles. The molecule has 1 atom stereocenters. The lowest BCUT2D eigenvalue weighted by Gasteiger charge is -2.17. The number of nitrogens with zero attached hydrogens (tertiary/aromatic N) is 1. The van der Waals surface area contributed by atoms with Crippen LogP contribution in [0.3, 0.4) is 0 Å². The van der Waals surface area contributed by atoms with Crippen LogP contribution in [-0.2, 0) is 0 Å². The van der Waals surface area contributed by atoms with Crippen molar-refractivity contribution in [2.24, 2.45) is 5.73 Å². The van der Waals surface area contributed by atoms with Crippen molar-refractivity contribution >= 4 is 21.8 Å². The highest BCUT2D eigenvalue weighted by molar-refractivity contribution is 9.10. The fourth-order valence-electron chi connectivity index (χ4n) is 1.98. The Bertz CT molecular complexity index is 437. The lowest BCUT2D eigenvalue weighted by Crippen LogP contribution is -2.32. The maximum atomic E-state index is 12.3. The molecule has 0 aromatic heterocycles. The lowest BCUT2D eigenvalue weighted by atomic mass is 10.2. The third-order valence-electron chi connectivity index (χ3n) is 2.91. The molecule has 0 radical (unpaired) electrons. The number of hydrogen-bond acceptors (Lipinski definition) is 3. The fourth-order valence-corrected chi connectivity index (χ4v) is 2.32. The molecule has 2 N–H and O–H groups in total. The molecule has 5 heteroatoms. The number of halogens is 1. The molecule has 92 valence electrons. The second kappa shape index (κ2) is 5.06. The molecule has 1 unspecified atom stereocenters. The summed E-state index contributed by atoms with van der Waals surface area (Å²) in [6.07, 6.45) is 0.866. The average molecular weight is 299 g/mol. The molecule has 1 saturated heterocycles. The van der Waals surface area contributed by atoms with E-state index in [0.29, 0.717) is 17.9 Å². The van der Waals surface area contributed by atoms with Gasteiger partial charge in [0.1, 0.15) is 5.75 Å². The van der Waals surface area contributed by atoms with Gasteiger partial charge < -0.3 is 15.4 Å². The van der Waals surface area contributed by atoms with Gasteiger partial charge in [0.05, 0.1) is 12.7 Å². The van der Waals surface area contributed by atoms with Crippen LogP contribution in [0.5, 0.6) is 5.75 Å². The highest BCUT2D eigenvalue weighted by Crippen LogP contribution is 2.25. The maximum absolute atomic E-state index is 12.3. The predicted octanol–water partition coefficient (Wildman–Crippen LogP) is 1.63. The molecule has 2 rings (SSSR count). The molecule has 1 heterocycles. The Balaban J connectivity index is 2.24. The zero-order chi connectivity index (χ0) is 12.4. The summed E-state index contributed by atoms with van der Waals surface area (Å²) in [7, 11) is 1.56. The van der Waals surface area contributed by atoms with Gasteiger partial charge in [0.15, 0.2) is 0 Å². The maximum Gasteiger partial charge on any atom is 0.257 e. The summed E-state index contributed by atoms with van der Waals surface area (Å²) >= 11 is 3.35. The lowest BCUT2D eigenvalue weighted by molar-refractivity contribution is 0.0787. The van der Waals surface area contributed by atoms with Crippen LogP contribution in [0, 0.1) is 0 Å². The number of carbonyl (C=O) groups excluding carboxylic acids is 1. The molecule has 1 fully saturated rings. The highest BCUT2D eigenvalue weighted by Gasteiger charge is 2.26. The molecule has 1 aromatic rings. The van der Waals surface area contributed by atoms with E-state index in [1.54, 1.807) is 24.1 Å². The number of carbonyl (C=O) groups is 1. The Morgan fingerprint density at radius 1 is 1.59 bits per heavy atom. The van der Waals surface area contributed by atoms with Crippen LogP contribution in [0.25, 0.3) is 0 Å². The first-order valence-electron chi connectivity index (χ1n) is 5.50. The van der Waals surface area contributed by atoms with Crippen LogP contribution in [0.2, 0.25) is 0 Å². The minimum Gasteiger partial charge on any atom is -0.496 e. The normalized spacial score (nSPS) is 19.5. The highest BCUT2D eigenvalue weighted by atomic mass is 79.9. The van der Waals surface area contributed by atoms with E-state index in [1.165, 1.54) is 0 Å². The Morgan fingerprint density at radius 3 is 2.94 bits per heavy atom. The Kier molecular flexibility index (Phi) is 3.69. The first-order chi connectivity index (χ1) is 8.11. The Hall–Kier alpha value is -1.07. The predicted molar refractivity (Wildman–Crippen MR) is 69.2 cm³/mol. The van der Waals surface area contributed by atoms with Crippen LogP contribution in [0.1, 0.15) is 16.8 Å². The zero-order valence-electron chi connectivity index (χ0n) is 9.65. The van der Waals surface area contributed by atoms with Gasteiger partial charge in [0, 0.05) is 23.6 Å². The van der Waals surface area contributed by atoms with Gasteiger partial charge in [-0.2, -0.15) is 0 Å². The van der Waals surface area contributed by atoms with E-state index in [4.69, 9.17) is 10.5 Å². The van der Waals surface area contributed by atoms with E-state index >= 15 is 0 Å². The molecule has 0 aliphatic carbocycles. The van der Waals surface area contributed by atoms with Crippen LogP contribution in [0.4, 0.5) is 0 Å². The van der Waals surface area contributed by atoms with Crippen molar-refractivity contribution in [3.05, 3.63) is 28.2 Å². The fraction of sp³-hybridized carbons (Fsp3) is 0.417. The molecule has 1 amide bonds. The topological polar surface area (TPSA) is 55.6 Å². The summed E-state index contributed by atoms with van der Waals surface area (Å²) in [6.45, 7) is 1.34. The van der Waals surface area contributed by atoms with E-state index in [-0.39, 0.29) is 11.9 Å². The van der Waals surface area contributed by atoms with Crippen molar-refractivity contribution in [3.63, 3.8) is 0 Å². The van der Waals surface area contributed by atoms with Gasteiger partial charge in [-0.15, -0.1) is 0 Å². The van der Waals surface area contributed by atoms with Crippen molar-refractivity contribution in [2.75, 3.05) is 20.2 Å². The molecule has 0 bridgehead atoms. The first kappa shape index (κ1) is 12.4. The van der Waals surface area contributed by atoms with Gasteiger partial charge in [0.25, 0.3) is 5.91 Å². The van der Waals surface area contributed by atoms with E-state index in [9.17, 15) is 4.79 Å². The van der Waals surface area contributed by atoms with Gasteiger partial charge in [0.2, 0.25) is 0 Å². The van der Waals surface area contributed by atoms with Crippen molar-refractivity contribution in [3.8, 4) is 5.75 Å². The Labute approximate surface area is 109 Å². The SMILES string of the molecule is COc1cc(Br)ccc1C(=O)N1CCC(N)C1. The molecular weight excluding hydrogens is 284 g/mol. The minimum absolute atomic E-state index is 0.0118. The number of amides is 1. The third-order valence-corrected chi connectivity index (χ3v) is 3.40. The summed E-state index contributed by atoms with van der Waals surface area (Å²) in [5.74, 6) is 0.576. The van der Waals surface area contributed by atoms with Crippen molar-refractivity contribution in [1.29, 1.82) is 0 Å². The number of ether oxygens (including phenoxy) is 1. The minimum atomic E-state index is -0.0118. The second-order valence-corrected chi connectivity index (χ2v) is 5.06. The largest absolute Gasteiger partial charge is 0.496 e. The monoisotopic (exact) mass is 298 g/mol. The van der Waals surface area contributed by atoms with Crippen molar-refractivity contribution in [2.45, 2.75) is 12.5 Å². The molecule has 1 aliphatic rings. The zero-order valence-corrected chi connectivity index (χ0v) is 11.2. The number of hydrogen-bond donors (Lipinski definition) is 1. The first-order valence-corrected chi connectivity index (χ1v) is 6.29. The summed E-state index contributed by atoms with van der Waals surface area (Å²) in [5.41, 5.74) is 6.39. The van der Waals surface area contributed by atoms with Crippen LogP contribution < -0.4 is 10.5 Å². The average Bonchev–Trinajstić information content (AvgIpc) is 2.75. The van der Waals surface area contributed by atoms with Gasteiger partial charge >= 0.3 is 0 Å². The summed E-state index contributed by atoms with van der Waals surface area (Å²) in [5, 5.41) is 0. The summed E-state index contributed by atoms with van der Waals surface area (Å²) in [6, 6.07) is 5.50. The molecular formula is C12H15BrN2O2. The molecule has 17 heavy (non-hydrogen) atoms. The Morgan fingerprint density at radius 2 is 2.35 bits per heavy atom. The van der Waals surface area contributed by atoms with E-state index in [2.05, 4.69) is 15.9 Å². The molecule has 0 saturated carbocycles. The number of rotatable bonds is 2. The molecule has 1 aliphatic heterocycles.